The van der Waals surface area contributed by atoms with E-state index in [1.54, 1.807) is 0 Å². The fourth-order valence-corrected chi connectivity index (χ4v) is 2.75. The Bertz CT molecular complexity index is 486. The number of hydrogen-bond acceptors (Lipinski definition) is 3. The molecule has 2 rings (SSSR count). The number of nitrogens with one attached hydrogen (secondary N) is 1. The number of aliphatic hydroxyl groups is 1. The molecule has 0 aliphatic carbocycles. The molecular weight excluding hydrogens is 276 g/mol. The van der Waals surface area contributed by atoms with Crippen molar-refractivity contribution in [3.63, 3.8) is 0 Å². The average Bonchev–Trinajstić information content (AvgIpc) is 2.97. The normalized spacial score (nSPS) is 19.3. The maximum absolute atomic E-state index is 11.7. The summed E-state index contributed by atoms with van der Waals surface area (Å²) in [5.74, 6) is 0.527. The van der Waals surface area contributed by atoms with Crippen molar-refractivity contribution in [3.05, 3.63) is 29.8 Å². The van der Waals surface area contributed by atoms with E-state index in [-0.39, 0.29) is 18.1 Å². The highest BCUT2D eigenvalue weighted by Crippen LogP contribution is 2.23. The molecule has 3 atom stereocenters. The predicted octanol–water partition coefficient (Wildman–Crippen LogP) is 2.87. The van der Waals surface area contributed by atoms with Gasteiger partial charge in [-0.2, -0.15) is 0 Å². The summed E-state index contributed by atoms with van der Waals surface area (Å²) in [4.78, 5) is 13.6. The largest absolute Gasteiger partial charge is 0.392 e. The van der Waals surface area contributed by atoms with Gasteiger partial charge in [0, 0.05) is 31.2 Å². The minimum absolute atomic E-state index is 0.182. The van der Waals surface area contributed by atoms with Crippen molar-refractivity contribution < 1.29 is 9.90 Å². The molecule has 4 heteroatoms. The van der Waals surface area contributed by atoms with Gasteiger partial charge in [0.2, 0.25) is 5.91 Å². The van der Waals surface area contributed by atoms with Gasteiger partial charge in [0.25, 0.3) is 0 Å². The molecule has 1 saturated heterocycles. The van der Waals surface area contributed by atoms with Crippen LogP contribution in [0.1, 0.15) is 51.6 Å². The van der Waals surface area contributed by atoms with Crippen LogP contribution >= 0.6 is 0 Å². The van der Waals surface area contributed by atoms with Crippen LogP contribution in [0.2, 0.25) is 0 Å². The van der Waals surface area contributed by atoms with E-state index in [0.29, 0.717) is 18.9 Å². The first-order valence-corrected chi connectivity index (χ1v) is 8.34. The van der Waals surface area contributed by atoms with Gasteiger partial charge in [-0.1, -0.05) is 32.4 Å². The molecule has 0 aromatic heterocycles. The molecule has 2 N–H and O–H groups in total. The first kappa shape index (κ1) is 17.0. The first-order valence-electron chi connectivity index (χ1n) is 8.34. The second kappa shape index (κ2) is 7.75. The lowest BCUT2D eigenvalue weighted by atomic mass is 10.0. The second-order valence-electron chi connectivity index (χ2n) is 6.32. The predicted molar refractivity (Wildman–Crippen MR) is 89.9 cm³/mol. The number of anilines is 1. The third-order valence-electron chi connectivity index (χ3n) is 4.71. The van der Waals surface area contributed by atoms with Gasteiger partial charge in [-0.15, -0.1) is 0 Å². The summed E-state index contributed by atoms with van der Waals surface area (Å²) in [6, 6.07) is 8.34. The summed E-state index contributed by atoms with van der Waals surface area (Å²) in [5, 5.41) is 13.4. The number of aliphatic hydroxyl groups excluding tert-OH is 1. The van der Waals surface area contributed by atoms with E-state index in [2.05, 4.69) is 38.2 Å². The fourth-order valence-electron chi connectivity index (χ4n) is 2.75. The van der Waals surface area contributed by atoms with Crippen molar-refractivity contribution in [3.8, 4) is 0 Å². The van der Waals surface area contributed by atoms with E-state index < -0.39 is 0 Å². The standard InChI is InChI=1S/C18H28N2O2/c1-4-13(2)17(21)12-19-14(3)15-7-9-16(10-8-15)20-11-5-6-18(20)22/h7-10,13-14,17,19,21H,4-6,11-12H2,1-3H3. The maximum Gasteiger partial charge on any atom is 0.227 e. The van der Waals surface area contributed by atoms with Crippen LogP contribution in [0.4, 0.5) is 5.69 Å². The quantitative estimate of drug-likeness (QED) is 0.814. The average molecular weight is 304 g/mol. The third kappa shape index (κ3) is 4.08. The summed E-state index contributed by atoms with van der Waals surface area (Å²) >= 11 is 0. The molecule has 1 aliphatic heterocycles. The Morgan fingerprint density at radius 2 is 1.95 bits per heavy atom. The molecule has 3 unspecified atom stereocenters. The number of hydrogen-bond donors (Lipinski definition) is 2. The van der Waals surface area contributed by atoms with Crippen LogP contribution in [0.25, 0.3) is 0 Å². The highest BCUT2D eigenvalue weighted by atomic mass is 16.3. The lowest BCUT2D eigenvalue weighted by Gasteiger charge is -2.22. The maximum atomic E-state index is 11.7. The first-order chi connectivity index (χ1) is 10.5. The zero-order chi connectivity index (χ0) is 16.1. The molecule has 1 amide bonds. The number of benzene rings is 1. The Hall–Kier alpha value is -1.39. The van der Waals surface area contributed by atoms with Gasteiger partial charge in [-0.05, 0) is 37.0 Å². The Balaban J connectivity index is 1.91. The van der Waals surface area contributed by atoms with Crippen molar-refractivity contribution in [1.82, 2.24) is 5.32 Å². The van der Waals surface area contributed by atoms with Crippen LogP contribution in [0, 0.1) is 5.92 Å². The molecule has 1 aromatic carbocycles. The summed E-state index contributed by atoms with van der Waals surface area (Å²) < 4.78 is 0. The smallest absolute Gasteiger partial charge is 0.227 e. The van der Waals surface area contributed by atoms with Gasteiger partial charge >= 0.3 is 0 Å². The van der Waals surface area contributed by atoms with Gasteiger partial charge in [0.1, 0.15) is 0 Å². The SMILES string of the molecule is CCC(C)C(O)CNC(C)c1ccc(N2CCCC2=O)cc1. The number of rotatable bonds is 7. The van der Waals surface area contributed by atoms with Gasteiger partial charge < -0.3 is 15.3 Å². The van der Waals surface area contributed by atoms with Crippen molar-refractivity contribution in [2.75, 3.05) is 18.0 Å². The molecule has 1 fully saturated rings. The summed E-state index contributed by atoms with van der Waals surface area (Å²) in [5.41, 5.74) is 2.16. The van der Waals surface area contributed by atoms with E-state index >= 15 is 0 Å². The Morgan fingerprint density at radius 1 is 1.27 bits per heavy atom. The lowest BCUT2D eigenvalue weighted by Crippen LogP contribution is -2.33. The number of amides is 1. The molecule has 0 spiro atoms. The van der Waals surface area contributed by atoms with Crippen molar-refractivity contribution in [2.24, 2.45) is 5.92 Å². The summed E-state index contributed by atoms with van der Waals surface area (Å²) in [7, 11) is 0. The van der Waals surface area contributed by atoms with Crippen LogP contribution in [-0.4, -0.2) is 30.2 Å². The van der Waals surface area contributed by atoms with Crippen LogP contribution in [-0.2, 0) is 4.79 Å². The van der Waals surface area contributed by atoms with Gasteiger partial charge in [0.05, 0.1) is 6.10 Å². The molecule has 0 saturated carbocycles. The van der Waals surface area contributed by atoms with Crippen molar-refractivity contribution in [2.45, 2.75) is 52.2 Å². The van der Waals surface area contributed by atoms with Crippen molar-refractivity contribution >= 4 is 11.6 Å². The van der Waals surface area contributed by atoms with Crippen LogP contribution in [0.5, 0.6) is 0 Å². The number of nitrogens with zero attached hydrogens (tertiary/aromatic N) is 1. The molecular formula is C18H28N2O2. The molecule has 22 heavy (non-hydrogen) atoms. The highest BCUT2D eigenvalue weighted by Gasteiger charge is 2.21. The second-order valence-corrected chi connectivity index (χ2v) is 6.32. The Labute approximate surface area is 133 Å². The molecule has 4 nitrogen and oxygen atoms in total. The number of carbonyl (C=O) groups excluding carboxylic acids is 1. The zero-order valence-electron chi connectivity index (χ0n) is 13.9. The van der Waals surface area contributed by atoms with Crippen LogP contribution in [0.15, 0.2) is 24.3 Å². The van der Waals surface area contributed by atoms with Gasteiger partial charge in [-0.3, -0.25) is 4.79 Å². The fraction of sp³-hybridized carbons (Fsp3) is 0.611. The van der Waals surface area contributed by atoms with Gasteiger partial charge in [0.15, 0.2) is 0 Å². The van der Waals surface area contributed by atoms with E-state index in [9.17, 15) is 9.90 Å². The van der Waals surface area contributed by atoms with E-state index in [1.807, 2.05) is 17.0 Å². The van der Waals surface area contributed by atoms with Crippen LogP contribution < -0.4 is 10.2 Å². The lowest BCUT2D eigenvalue weighted by molar-refractivity contribution is -0.117. The Kier molecular flexibility index (Phi) is 5.98. The van der Waals surface area contributed by atoms with E-state index in [4.69, 9.17) is 0 Å². The topological polar surface area (TPSA) is 52.6 Å². The molecule has 0 radical (unpaired) electrons. The summed E-state index contributed by atoms with van der Waals surface area (Å²) in [6.45, 7) is 7.68. The molecule has 0 bridgehead atoms. The molecule has 1 heterocycles. The monoisotopic (exact) mass is 304 g/mol. The summed E-state index contributed by atoms with van der Waals surface area (Å²) in [6.07, 6.45) is 2.28. The highest BCUT2D eigenvalue weighted by molar-refractivity contribution is 5.95. The minimum Gasteiger partial charge on any atom is -0.392 e. The molecule has 122 valence electrons. The zero-order valence-corrected chi connectivity index (χ0v) is 13.9. The van der Waals surface area contributed by atoms with Gasteiger partial charge in [-0.25, -0.2) is 0 Å². The van der Waals surface area contributed by atoms with E-state index in [1.165, 1.54) is 5.56 Å². The third-order valence-corrected chi connectivity index (χ3v) is 4.71. The Morgan fingerprint density at radius 3 is 2.50 bits per heavy atom. The van der Waals surface area contributed by atoms with E-state index in [0.717, 1.165) is 25.1 Å². The molecule has 1 aliphatic rings. The number of carbonyl (C=O) groups is 1. The van der Waals surface area contributed by atoms with Crippen LogP contribution in [0.3, 0.4) is 0 Å². The van der Waals surface area contributed by atoms with Crippen molar-refractivity contribution in [1.29, 1.82) is 0 Å². The minimum atomic E-state index is -0.311. The molecule has 1 aromatic rings.